The molecule has 3 heteroatoms. The normalized spacial score (nSPS) is 16.5. The minimum absolute atomic E-state index is 0.874. The van der Waals surface area contributed by atoms with Crippen LogP contribution in [0, 0.1) is 5.92 Å². The lowest BCUT2D eigenvalue weighted by atomic mass is 10.0. The molecule has 0 aromatic carbocycles. The smallest absolute Gasteiger partial charge is 0.125 e. The van der Waals surface area contributed by atoms with Gasteiger partial charge in [0.05, 0.1) is 5.69 Å². The Labute approximate surface area is 106 Å². The summed E-state index contributed by atoms with van der Waals surface area (Å²) in [4.78, 5) is 8.86. The molecular weight excluding hydrogens is 228 g/mol. The number of nitrogens with zero attached hydrogens (tertiary/aromatic N) is 2. The van der Waals surface area contributed by atoms with Gasteiger partial charge in [-0.2, -0.15) is 0 Å². The largest absolute Gasteiger partial charge is 0.264 e. The van der Waals surface area contributed by atoms with Crippen LogP contribution < -0.4 is 0 Å². The summed E-state index contributed by atoms with van der Waals surface area (Å²) < 4.78 is 0. The highest BCUT2D eigenvalue weighted by atomic mass is 32.1. The van der Waals surface area contributed by atoms with E-state index in [0.717, 1.165) is 22.9 Å². The Bertz CT molecular complexity index is 472. The van der Waals surface area contributed by atoms with Crippen molar-refractivity contribution in [3.8, 4) is 10.6 Å². The van der Waals surface area contributed by atoms with E-state index in [1.165, 1.54) is 31.4 Å². The van der Waals surface area contributed by atoms with Gasteiger partial charge in [0.2, 0.25) is 0 Å². The highest BCUT2D eigenvalue weighted by molar-refractivity contribution is 7.13. The molecule has 1 fully saturated rings. The van der Waals surface area contributed by atoms with E-state index in [0.29, 0.717) is 0 Å². The quantitative estimate of drug-likeness (QED) is 0.817. The summed E-state index contributed by atoms with van der Waals surface area (Å²) in [6.07, 6.45) is 10.4. The molecule has 1 aliphatic carbocycles. The summed E-state index contributed by atoms with van der Waals surface area (Å²) in [5.74, 6) is 0.874. The first kappa shape index (κ1) is 10.9. The molecule has 88 valence electrons. The molecule has 17 heavy (non-hydrogen) atoms. The molecule has 0 radical (unpaired) electrons. The number of hydrogen-bond acceptors (Lipinski definition) is 3. The molecular formula is C14H16N2S. The molecule has 2 heterocycles. The van der Waals surface area contributed by atoms with Gasteiger partial charge in [-0.1, -0.05) is 25.7 Å². The maximum absolute atomic E-state index is 4.72. The lowest BCUT2D eigenvalue weighted by Crippen LogP contribution is -1.98. The van der Waals surface area contributed by atoms with Crippen LogP contribution in [0.15, 0.2) is 29.9 Å². The van der Waals surface area contributed by atoms with Crippen molar-refractivity contribution in [1.29, 1.82) is 0 Å². The van der Waals surface area contributed by atoms with Gasteiger partial charge < -0.3 is 0 Å². The van der Waals surface area contributed by atoms with Crippen LogP contribution in [-0.4, -0.2) is 9.97 Å². The molecule has 2 aromatic rings. The number of thiazole rings is 1. The molecule has 0 aliphatic heterocycles. The first-order valence-corrected chi connectivity index (χ1v) is 7.14. The predicted molar refractivity (Wildman–Crippen MR) is 71.0 cm³/mol. The Kier molecular flexibility index (Phi) is 3.18. The standard InChI is InChI=1S/C14H16N2S/c1-2-5-11(4-1)8-13-10-17-14(16-13)12-6-3-7-15-9-12/h3,6-7,9-11H,1-2,4-5,8H2. The van der Waals surface area contributed by atoms with Gasteiger partial charge in [0.1, 0.15) is 5.01 Å². The van der Waals surface area contributed by atoms with Crippen LogP contribution in [-0.2, 0) is 6.42 Å². The van der Waals surface area contributed by atoms with Crippen molar-refractivity contribution in [2.24, 2.45) is 5.92 Å². The van der Waals surface area contributed by atoms with Gasteiger partial charge in [0.25, 0.3) is 0 Å². The average Bonchev–Trinajstić information content (AvgIpc) is 3.02. The third kappa shape index (κ3) is 2.55. The first-order chi connectivity index (χ1) is 8.42. The Balaban J connectivity index is 1.74. The van der Waals surface area contributed by atoms with Crippen LogP contribution in [0.1, 0.15) is 31.4 Å². The van der Waals surface area contributed by atoms with Crippen molar-refractivity contribution < 1.29 is 0 Å². The van der Waals surface area contributed by atoms with Gasteiger partial charge in [-0.25, -0.2) is 4.98 Å². The molecule has 1 saturated carbocycles. The van der Waals surface area contributed by atoms with Crippen molar-refractivity contribution in [2.75, 3.05) is 0 Å². The zero-order valence-corrected chi connectivity index (χ0v) is 10.6. The highest BCUT2D eigenvalue weighted by Gasteiger charge is 2.16. The lowest BCUT2D eigenvalue weighted by Gasteiger charge is -2.04. The summed E-state index contributed by atoms with van der Waals surface area (Å²) >= 11 is 1.73. The van der Waals surface area contributed by atoms with E-state index in [9.17, 15) is 0 Å². The van der Waals surface area contributed by atoms with Gasteiger partial charge in [-0.05, 0) is 24.5 Å². The minimum atomic E-state index is 0.874. The number of hydrogen-bond donors (Lipinski definition) is 0. The SMILES string of the molecule is c1cncc(-c2nc(CC3CCCC3)cs2)c1. The van der Waals surface area contributed by atoms with Crippen molar-refractivity contribution in [1.82, 2.24) is 9.97 Å². The minimum Gasteiger partial charge on any atom is -0.264 e. The fourth-order valence-corrected chi connectivity index (χ4v) is 3.36. The molecule has 0 N–H and O–H groups in total. The first-order valence-electron chi connectivity index (χ1n) is 6.26. The predicted octanol–water partition coefficient (Wildman–Crippen LogP) is 3.94. The van der Waals surface area contributed by atoms with E-state index in [4.69, 9.17) is 4.98 Å². The molecule has 0 amide bonds. The van der Waals surface area contributed by atoms with Crippen LogP contribution in [0.25, 0.3) is 10.6 Å². The summed E-state index contributed by atoms with van der Waals surface area (Å²) in [7, 11) is 0. The molecule has 0 unspecified atom stereocenters. The maximum Gasteiger partial charge on any atom is 0.125 e. The van der Waals surface area contributed by atoms with Crippen LogP contribution in [0.3, 0.4) is 0 Å². The molecule has 1 aliphatic rings. The van der Waals surface area contributed by atoms with Crippen molar-refractivity contribution >= 4 is 11.3 Å². The van der Waals surface area contributed by atoms with Crippen LogP contribution in [0.5, 0.6) is 0 Å². The van der Waals surface area contributed by atoms with Crippen LogP contribution in [0.4, 0.5) is 0 Å². The van der Waals surface area contributed by atoms with Crippen molar-refractivity contribution in [3.05, 3.63) is 35.6 Å². The van der Waals surface area contributed by atoms with E-state index >= 15 is 0 Å². The fourth-order valence-electron chi connectivity index (χ4n) is 2.53. The van der Waals surface area contributed by atoms with E-state index in [1.807, 2.05) is 12.3 Å². The second-order valence-corrected chi connectivity index (χ2v) is 5.60. The molecule has 2 aromatic heterocycles. The van der Waals surface area contributed by atoms with E-state index in [1.54, 1.807) is 17.5 Å². The molecule has 2 nitrogen and oxygen atoms in total. The zero-order chi connectivity index (χ0) is 11.5. The maximum atomic E-state index is 4.72. The average molecular weight is 244 g/mol. The Morgan fingerprint density at radius 3 is 2.94 bits per heavy atom. The summed E-state index contributed by atoms with van der Waals surface area (Å²) in [6, 6.07) is 4.04. The molecule has 0 saturated heterocycles. The van der Waals surface area contributed by atoms with Gasteiger partial charge in [0, 0.05) is 23.3 Å². The third-order valence-electron chi connectivity index (χ3n) is 3.43. The lowest BCUT2D eigenvalue weighted by molar-refractivity contribution is 0.541. The van der Waals surface area contributed by atoms with Crippen LogP contribution in [0.2, 0.25) is 0 Å². The van der Waals surface area contributed by atoms with Crippen molar-refractivity contribution in [2.45, 2.75) is 32.1 Å². The monoisotopic (exact) mass is 244 g/mol. The third-order valence-corrected chi connectivity index (χ3v) is 4.37. The van der Waals surface area contributed by atoms with Crippen molar-refractivity contribution in [3.63, 3.8) is 0 Å². The highest BCUT2D eigenvalue weighted by Crippen LogP contribution is 2.30. The molecule has 0 bridgehead atoms. The van der Waals surface area contributed by atoms with E-state index in [-0.39, 0.29) is 0 Å². The Hall–Kier alpha value is -1.22. The second kappa shape index (κ2) is 4.96. The van der Waals surface area contributed by atoms with Crippen LogP contribution >= 0.6 is 11.3 Å². The number of aromatic nitrogens is 2. The Morgan fingerprint density at radius 1 is 1.29 bits per heavy atom. The van der Waals surface area contributed by atoms with Gasteiger partial charge in [0.15, 0.2) is 0 Å². The van der Waals surface area contributed by atoms with E-state index < -0.39 is 0 Å². The number of pyridine rings is 1. The Morgan fingerprint density at radius 2 is 2.18 bits per heavy atom. The fraction of sp³-hybridized carbons (Fsp3) is 0.429. The number of rotatable bonds is 3. The van der Waals surface area contributed by atoms with Gasteiger partial charge >= 0.3 is 0 Å². The molecule has 0 spiro atoms. The zero-order valence-electron chi connectivity index (χ0n) is 9.80. The van der Waals surface area contributed by atoms with Gasteiger partial charge in [-0.3, -0.25) is 4.98 Å². The summed E-state index contributed by atoms with van der Waals surface area (Å²) in [5, 5.41) is 3.31. The topological polar surface area (TPSA) is 25.8 Å². The second-order valence-electron chi connectivity index (χ2n) is 4.74. The summed E-state index contributed by atoms with van der Waals surface area (Å²) in [5.41, 5.74) is 2.40. The molecule has 3 rings (SSSR count). The molecule has 0 atom stereocenters. The summed E-state index contributed by atoms with van der Waals surface area (Å²) in [6.45, 7) is 0. The van der Waals surface area contributed by atoms with E-state index in [2.05, 4.69) is 16.4 Å². The van der Waals surface area contributed by atoms with Gasteiger partial charge in [-0.15, -0.1) is 11.3 Å².